The number of halogens is 1. The van der Waals surface area contributed by atoms with Crippen LogP contribution in [-0.2, 0) is 9.59 Å². The van der Waals surface area contributed by atoms with Gasteiger partial charge in [-0.05, 0) is 37.5 Å². The van der Waals surface area contributed by atoms with Crippen molar-refractivity contribution >= 4 is 27.7 Å². The van der Waals surface area contributed by atoms with Crippen LogP contribution in [0.5, 0.6) is 0 Å². The van der Waals surface area contributed by atoms with Gasteiger partial charge in [0, 0.05) is 28.9 Å². The van der Waals surface area contributed by atoms with Gasteiger partial charge in [-0.3, -0.25) is 9.59 Å². The van der Waals surface area contributed by atoms with Crippen LogP contribution >= 0.6 is 15.9 Å². The number of hydrogen-bond acceptors (Lipinski definition) is 2. The standard InChI is InChI=1S/C19H27BrN2O2/c1-13(15-6-5-7-16(20)12-15)21-17(23)14-8-10-22(11-9-14)18(24)19(2,3)4/h5-7,12-14H,8-11H2,1-4H3,(H,21,23). The summed E-state index contributed by atoms with van der Waals surface area (Å²) in [5.41, 5.74) is 0.725. The lowest BCUT2D eigenvalue weighted by atomic mass is 9.90. The van der Waals surface area contributed by atoms with Crippen molar-refractivity contribution in [3.8, 4) is 0 Å². The highest BCUT2D eigenvalue weighted by Gasteiger charge is 2.32. The van der Waals surface area contributed by atoms with Gasteiger partial charge in [0.1, 0.15) is 0 Å². The second kappa shape index (κ2) is 7.68. The SMILES string of the molecule is CC(NC(=O)C1CCN(C(=O)C(C)(C)C)CC1)c1cccc(Br)c1. The first-order valence-electron chi connectivity index (χ1n) is 8.53. The molecule has 0 bridgehead atoms. The summed E-state index contributed by atoms with van der Waals surface area (Å²) in [4.78, 5) is 26.7. The number of amides is 2. The molecule has 1 aromatic carbocycles. The van der Waals surface area contributed by atoms with Crippen LogP contribution in [0, 0.1) is 11.3 Å². The quantitative estimate of drug-likeness (QED) is 0.844. The van der Waals surface area contributed by atoms with E-state index in [0.717, 1.165) is 22.9 Å². The summed E-state index contributed by atoms with van der Waals surface area (Å²) in [5, 5.41) is 3.10. The third-order valence-corrected chi connectivity index (χ3v) is 5.00. The summed E-state index contributed by atoms with van der Waals surface area (Å²) >= 11 is 3.46. The van der Waals surface area contributed by atoms with Gasteiger partial charge in [0.25, 0.3) is 0 Å². The number of carbonyl (C=O) groups is 2. The number of piperidine rings is 1. The highest BCUT2D eigenvalue weighted by Crippen LogP contribution is 2.25. The van der Waals surface area contributed by atoms with Crippen molar-refractivity contribution in [1.82, 2.24) is 10.2 Å². The van der Waals surface area contributed by atoms with Gasteiger partial charge in [0.05, 0.1) is 6.04 Å². The third kappa shape index (κ3) is 4.82. The number of carbonyl (C=O) groups excluding carboxylic acids is 2. The molecule has 1 aromatic rings. The summed E-state index contributed by atoms with van der Waals surface area (Å²) < 4.78 is 1.01. The van der Waals surface area contributed by atoms with Crippen molar-refractivity contribution in [2.45, 2.75) is 46.6 Å². The lowest BCUT2D eigenvalue weighted by molar-refractivity contribution is -0.142. The van der Waals surface area contributed by atoms with E-state index in [9.17, 15) is 9.59 Å². The fourth-order valence-corrected chi connectivity index (χ4v) is 3.43. The van der Waals surface area contributed by atoms with E-state index in [2.05, 4.69) is 21.2 Å². The van der Waals surface area contributed by atoms with Gasteiger partial charge < -0.3 is 10.2 Å². The summed E-state index contributed by atoms with van der Waals surface area (Å²) in [5.74, 6) is 0.248. The minimum Gasteiger partial charge on any atom is -0.349 e. The fourth-order valence-electron chi connectivity index (χ4n) is 3.01. The second-order valence-electron chi connectivity index (χ2n) is 7.60. The molecule has 0 saturated carbocycles. The molecule has 0 spiro atoms. The zero-order valence-corrected chi connectivity index (χ0v) is 16.5. The van der Waals surface area contributed by atoms with Crippen LogP contribution in [0.4, 0.5) is 0 Å². The predicted octanol–water partition coefficient (Wildman–Crippen LogP) is 3.91. The number of nitrogens with one attached hydrogen (secondary N) is 1. The molecule has 24 heavy (non-hydrogen) atoms. The number of hydrogen-bond donors (Lipinski definition) is 1. The van der Waals surface area contributed by atoms with Gasteiger partial charge in [-0.1, -0.05) is 48.8 Å². The zero-order valence-electron chi connectivity index (χ0n) is 14.9. The lowest BCUT2D eigenvalue weighted by Gasteiger charge is -2.35. The van der Waals surface area contributed by atoms with E-state index >= 15 is 0 Å². The van der Waals surface area contributed by atoms with E-state index in [4.69, 9.17) is 0 Å². The van der Waals surface area contributed by atoms with Crippen LogP contribution in [0.2, 0.25) is 0 Å². The Labute approximate surface area is 153 Å². The number of nitrogens with zero attached hydrogens (tertiary/aromatic N) is 1. The first kappa shape index (κ1) is 19.0. The largest absolute Gasteiger partial charge is 0.349 e. The number of benzene rings is 1. The van der Waals surface area contributed by atoms with Gasteiger partial charge in [-0.2, -0.15) is 0 Å². The molecular weight excluding hydrogens is 368 g/mol. The van der Waals surface area contributed by atoms with Crippen molar-refractivity contribution in [3.05, 3.63) is 34.3 Å². The molecule has 1 saturated heterocycles. The monoisotopic (exact) mass is 394 g/mol. The summed E-state index contributed by atoms with van der Waals surface area (Å²) in [6.45, 7) is 9.15. The van der Waals surface area contributed by atoms with Crippen molar-refractivity contribution in [3.63, 3.8) is 0 Å². The van der Waals surface area contributed by atoms with Crippen molar-refractivity contribution in [2.75, 3.05) is 13.1 Å². The molecule has 1 N–H and O–H groups in total. The van der Waals surface area contributed by atoms with Gasteiger partial charge in [-0.15, -0.1) is 0 Å². The number of likely N-dealkylation sites (tertiary alicyclic amines) is 1. The minimum absolute atomic E-state index is 0.0105. The average Bonchev–Trinajstić information content (AvgIpc) is 2.53. The second-order valence-corrected chi connectivity index (χ2v) is 8.52. The summed E-state index contributed by atoms with van der Waals surface area (Å²) in [6.07, 6.45) is 1.47. The molecule has 0 aliphatic carbocycles. The Morgan fingerprint density at radius 3 is 2.42 bits per heavy atom. The molecule has 4 nitrogen and oxygen atoms in total. The fraction of sp³-hybridized carbons (Fsp3) is 0.579. The molecule has 0 radical (unpaired) electrons. The summed E-state index contributed by atoms with van der Waals surface area (Å²) in [7, 11) is 0. The Balaban J connectivity index is 1.88. The van der Waals surface area contributed by atoms with Gasteiger partial charge in [-0.25, -0.2) is 0 Å². The van der Waals surface area contributed by atoms with Crippen LogP contribution in [0.15, 0.2) is 28.7 Å². The molecule has 5 heteroatoms. The van der Waals surface area contributed by atoms with Crippen LogP contribution < -0.4 is 5.32 Å². The van der Waals surface area contributed by atoms with E-state index in [1.807, 2.05) is 56.9 Å². The molecule has 1 heterocycles. The van der Waals surface area contributed by atoms with E-state index in [1.165, 1.54) is 0 Å². The van der Waals surface area contributed by atoms with Crippen molar-refractivity contribution < 1.29 is 9.59 Å². The molecule has 0 aromatic heterocycles. The minimum atomic E-state index is -0.357. The van der Waals surface area contributed by atoms with Crippen LogP contribution in [-0.4, -0.2) is 29.8 Å². The smallest absolute Gasteiger partial charge is 0.227 e. The maximum atomic E-state index is 12.5. The molecule has 1 aliphatic heterocycles. The molecule has 1 atom stereocenters. The molecule has 132 valence electrons. The van der Waals surface area contributed by atoms with Crippen molar-refractivity contribution in [1.29, 1.82) is 0 Å². The molecular formula is C19H27BrN2O2. The third-order valence-electron chi connectivity index (χ3n) is 4.50. The Morgan fingerprint density at radius 2 is 1.88 bits per heavy atom. The average molecular weight is 395 g/mol. The Bertz CT molecular complexity index is 602. The molecule has 1 unspecified atom stereocenters. The van der Waals surface area contributed by atoms with Gasteiger partial charge in [0.15, 0.2) is 0 Å². The molecule has 2 rings (SSSR count). The molecule has 2 amide bonds. The first-order valence-corrected chi connectivity index (χ1v) is 9.33. The van der Waals surface area contributed by atoms with Crippen LogP contribution in [0.25, 0.3) is 0 Å². The van der Waals surface area contributed by atoms with E-state index in [-0.39, 0.29) is 29.2 Å². The van der Waals surface area contributed by atoms with E-state index < -0.39 is 0 Å². The Morgan fingerprint density at radius 1 is 1.25 bits per heavy atom. The Kier molecular flexibility index (Phi) is 6.07. The Hall–Kier alpha value is -1.36. The van der Waals surface area contributed by atoms with Gasteiger partial charge in [0.2, 0.25) is 11.8 Å². The van der Waals surface area contributed by atoms with E-state index in [1.54, 1.807) is 0 Å². The van der Waals surface area contributed by atoms with Crippen molar-refractivity contribution in [2.24, 2.45) is 11.3 Å². The first-order chi connectivity index (χ1) is 11.2. The maximum absolute atomic E-state index is 12.5. The number of rotatable bonds is 3. The molecule has 1 aliphatic rings. The van der Waals surface area contributed by atoms with Gasteiger partial charge >= 0.3 is 0 Å². The predicted molar refractivity (Wildman–Crippen MR) is 99.5 cm³/mol. The maximum Gasteiger partial charge on any atom is 0.227 e. The normalized spacial score (nSPS) is 17.5. The highest BCUT2D eigenvalue weighted by atomic mass is 79.9. The van der Waals surface area contributed by atoms with Crippen LogP contribution in [0.3, 0.4) is 0 Å². The highest BCUT2D eigenvalue weighted by molar-refractivity contribution is 9.10. The lowest BCUT2D eigenvalue weighted by Crippen LogP contribution is -2.46. The molecule has 1 fully saturated rings. The topological polar surface area (TPSA) is 49.4 Å². The van der Waals surface area contributed by atoms with Crippen LogP contribution in [0.1, 0.15) is 52.1 Å². The summed E-state index contributed by atoms with van der Waals surface area (Å²) in [6, 6.07) is 7.96. The van der Waals surface area contributed by atoms with E-state index in [0.29, 0.717) is 13.1 Å². The zero-order chi connectivity index (χ0) is 17.9.